The predicted octanol–water partition coefficient (Wildman–Crippen LogP) is 2.65. The lowest BCUT2D eigenvalue weighted by Crippen LogP contribution is -2.35. The van der Waals surface area contributed by atoms with E-state index in [-0.39, 0.29) is 22.8 Å². The van der Waals surface area contributed by atoms with E-state index in [4.69, 9.17) is 12.2 Å². The number of thiocarbonyl (C=S) groups is 1. The lowest BCUT2D eigenvalue weighted by molar-refractivity contribution is -0.120. The number of benzene rings is 1. The first kappa shape index (κ1) is 15.4. The highest BCUT2D eigenvalue weighted by atomic mass is 32.1. The van der Waals surface area contributed by atoms with Crippen LogP contribution in [0, 0.1) is 5.92 Å². The zero-order chi connectivity index (χ0) is 15.2. The summed E-state index contributed by atoms with van der Waals surface area (Å²) in [6.45, 7) is 1.96. The summed E-state index contributed by atoms with van der Waals surface area (Å²) >= 11 is 5.10. The average molecular weight is 305 g/mol. The Labute approximate surface area is 129 Å². The number of carbonyl (C=O) groups excluding carboxylic acids is 2. The van der Waals surface area contributed by atoms with Crippen molar-refractivity contribution < 1.29 is 9.59 Å². The number of rotatable bonds is 5. The molecule has 1 saturated carbocycles. The van der Waals surface area contributed by atoms with Crippen molar-refractivity contribution in [2.45, 2.75) is 32.6 Å². The third-order valence-electron chi connectivity index (χ3n) is 3.07. The van der Waals surface area contributed by atoms with Crippen LogP contribution < -0.4 is 16.0 Å². The van der Waals surface area contributed by atoms with E-state index in [1.54, 1.807) is 6.07 Å². The second-order valence-electron chi connectivity index (χ2n) is 5.10. The summed E-state index contributed by atoms with van der Waals surface area (Å²) in [7, 11) is 0. The van der Waals surface area contributed by atoms with E-state index in [2.05, 4.69) is 16.0 Å². The predicted molar refractivity (Wildman–Crippen MR) is 87.1 cm³/mol. The van der Waals surface area contributed by atoms with Gasteiger partial charge in [-0.05, 0) is 49.7 Å². The molecule has 1 aromatic carbocycles. The lowest BCUT2D eigenvalue weighted by Gasteiger charge is -2.11. The van der Waals surface area contributed by atoms with Crippen LogP contribution in [0.4, 0.5) is 11.4 Å². The number of amides is 2. The van der Waals surface area contributed by atoms with Crippen molar-refractivity contribution in [3.05, 3.63) is 24.3 Å². The quantitative estimate of drug-likeness (QED) is 0.731. The maximum Gasteiger partial charge on any atom is 0.229 e. The normalized spacial score (nSPS) is 13.4. The molecule has 112 valence electrons. The van der Waals surface area contributed by atoms with Gasteiger partial charge in [0.25, 0.3) is 0 Å². The number of hydrogen-bond donors (Lipinski definition) is 3. The van der Waals surface area contributed by atoms with Crippen molar-refractivity contribution in [3.63, 3.8) is 0 Å². The van der Waals surface area contributed by atoms with Crippen molar-refractivity contribution >= 4 is 40.5 Å². The number of anilines is 2. The molecule has 2 amide bonds. The monoisotopic (exact) mass is 305 g/mol. The Hall–Kier alpha value is -1.95. The minimum absolute atomic E-state index is 0.0146. The van der Waals surface area contributed by atoms with Gasteiger partial charge in [0.1, 0.15) is 0 Å². The fourth-order valence-electron chi connectivity index (χ4n) is 1.85. The second-order valence-corrected chi connectivity index (χ2v) is 5.50. The van der Waals surface area contributed by atoms with Crippen molar-refractivity contribution in [1.82, 2.24) is 5.32 Å². The van der Waals surface area contributed by atoms with Gasteiger partial charge < -0.3 is 16.0 Å². The van der Waals surface area contributed by atoms with Crippen LogP contribution in [0.15, 0.2) is 24.3 Å². The van der Waals surface area contributed by atoms with Crippen molar-refractivity contribution in [1.29, 1.82) is 0 Å². The molecular formula is C15H19N3O2S. The molecule has 0 bridgehead atoms. The van der Waals surface area contributed by atoms with Gasteiger partial charge in [0.2, 0.25) is 11.8 Å². The molecule has 0 radical (unpaired) electrons. The Morgan fingerprint density at radius 3 is 2.52 bits per heavy atom. The van der Waals surface area contributed by atoms with Crippen LogP contribution >= 0.6 is 12.2 Å². The third kappa shape index (κ3) is 5.15. The summed E-state index contributed by atoms with van der Waals surface area (Å²) in [6, 6.07) is 7.23. The first-order valence-corrected chi connectivity index (χ1v) is 7.51. The lowest BCUT2D eigenvalue weighted by atomic mass is 10.2. The Balaban J connectivity index is 1.89. The Morgan fingerprint density at radius 2 is 1.90 bits per heavy atom. The van der Waals surface area contributed by atoms with Crippen LogP contribution in [0.25, 0.3) is 0 Å². The molecule has 3 N–H and O–H groups in total. The first-order valence-electron chi connectivity index (χ1n) is 7.10. The molecule has 0 spiro atoms. The first-order chi connectivity index (χ1) is 10.1. The summed E-state index contributed by atoms with van der Waals surface area (Å²) in [5, 5.41) is 8.71. The molecule has 0 atom stereocenters. The highest BCUT2D eigenvalue weighted by Gasteiger charge is 2.29. The van der Waals surface area contributed by atoms with Crippen molar-refractivity contribution in [3.8, 4) is 0 Å². The summed E-state index contributed by atoms with van der Waals surface area (Å²) in [5.74, 6) is 0.0728. The van der Waals surface area contributed by atoms with Crippen LogP contribution in [0.2, 0.25) is 0 Å². The number of carbonyl (C=O) groups is 2. The summed E-state index contributed by atoms with van der Waals surface area (Å²) < 4.78 is 0. The van der Waals surface area contributed by atoms with E-state index in [9.17, 15) is 9.59 Å². The number of hydrogen-bond acceptors (Lipinski definition) is 3. The molecular weight excluding hydrogens is 286 g/mol. The highest BCUT2D eigenvalue weighted by molar-refractivity contribution is 7.80. The fraction of sp³-hybridized carbons (Fsp3) is 0.400. The van der Waals surface area contributed by atoms with Crippen molar-refractivity contribution in [2.24, 2.45) is 5.92 Å². The molecule has 1 fully saturated rings. The molecule has 1 aliphatic carbocycles. The Morgan fingerprint density at radius 1 is 1.24 bits per heavy atom. The van der Waals surface area contributed by atoms with E-state index in [0.717, 1.165) is 24.9 Å². The van der Waals surface area contributed by atoms with E-state index in [1.807, 2.05) is 25.1 Å². The summed E-state index contributed by atoms with van der Waals surface area (Å²) in [5.41, 5.74) is 1.43. The van der Waals surface area contributed by atoms with Crippen molar-refractivity contribution in [2.75, 3.05) is 10.6 Å². The maximum atomic E-state index is 11.6. The zero-order valence-electron chi connectivity index (χ0n) is 11.9. The highest BCUT2D eigenvalue weighted by Crippen LogP contribution is 2.28. The second kappa shape index (κ2) is 7.17. The number of nitrogens with one attached hydrogen (secondary N) is 3. The molecule has 0 heterocycles. The smallest absolute Gasteiger partial charge is 0.229 e. The largest absolute Gasteiger partial charge is 0.332 e. The molecule has 0 saturated heterocycles. The molecule has 0 unspecified atom stereocenters. The fourth-order valence-corrected chi connectivity index (χ4v) is 2.07. The van der Waals surface area contributed by atoms with Crippen LogP contribution in [0.1, 0.15) is 32.6 Å². The minimum Gasteiger partial charge on any atom is -0.332 e. The van der Waals surface area contributed by atoms with Crippen LogP contribution in [-0.4, -0.2) is 16.9 Å². The summed E-state index contributed by atoms with van der Waals surface area (Å²) in [6.07, 6.45) is 3.18. The Kier molecular flexibility index (Phi) is 5.27. The Bertz CT molecular complexity index is 556. The maximum absolute atomic E-state index is 11.6. The molecule has 2 rings (SSSR count). The van der Waals surface area contributed by atoms with Crippen LogP contribution in [0.3, 0.4) is 0 Å². The van der Waals surface area contributed by atoms with Gasteiger partial charge >= 0.3 is 0 Å². The molecule has 1 aliphatic rings. The molecule has 0 aromatic heterocycles. The molecule has 0 aliphatic heterocycles. The van der Waals surface area contributed by atoms with Crippen LogP contribution in [0.5, 0.6) is 0 Å². The van der Waals surface area contributed by atoms with E-state index in [0.29, 0.717) is 12.1 Å². The third-order valence-corrected chi connectivity index (χ3v) is 3.27. The van der Waals surface area contributed by atoms with Gasteiger partial charge in [-0.15, -0.1) is 0 Å². The van der Waals surface area contributed by atoms with E-state index < -0.39 is 0 Å². The summed E-state index contributed by atoms with van der Waals surface area (Å²) in [4.78, 5) is 23.2. The molecule has 1 aromatic rings. The van der Waals surface area contributed by atoms with Crippen LogP contribution in [-0.2, 0) is 9.59 Å². The van der Waals surface area contributed by atoms with Gasteiger partial charge in [-0.3, -0.25) is 9.59 Å². The molecule has 6 heteroatoms. The molecule has 5 nitrogen and oxygen atoms in total. The zero-order valence-corrected chi connectivity index (χ0v) is 12.8. The van der Waals surface area contributed by atoms with Gasteiger partial charge in [-0.25, -0.2) is 0 Å². The average Bonchev–Trinajstić information content (AvgIpc) is 3.23. The van der Waals surface area contributed by atoms with Gasteiger partial charge in [0.05, 0.1) is 0 Å². The van der Waals surface area contributed by atoms with E-state index >= 15 is 0 Å². The van der Waals surface area contributed by atoms with Gasteiger partial charge in [-0.2, -0.15) is 0 Å². The topological polar surface area (TPSA) is 70.2 Å². The van der Waals surface area contributed by atoms with Gasteiger partial charge in [0, 0.05) is 23.7 Å². The van der Waals surface area contributed by atoms with E-state index in [1.165, 1.54) is 0 Å². The van der Waals surface area contributed by atoms with Gasteiger partial charge in [-0.1, -0.05) is 13.0 Å². The minimum atomic E-state index is -0.0279. The molecule has 21 heavy (non-hydrogen) atoms. The SMILES string of the molecule is CCCC(=O)Nc1cccc(NC(=S)NC(=O)C2CC2)c1. The van der Waals surface area contributed by atoms with Gasteiger partial charge in [0.15, 0.2) is 5.11 Å². The standard InChI is InChI=1S/C15H19N3O2S/c1-2-4-13(19)16-11-5-3-6-12(9-11)17-15(21)18-14(20)10-7-8-10/h3,5-6,9-10H,2,4,7-8H2,1H3,(H,16,19)(H2,17,18,20,21).